The highest BCUT2D eigenvalue weighted by Gasteiger charge is 2.43. The molecule has 19 heavy (non-hydrogen) atoms. The van der Waals surface area contributed by atoms with E-state index in [4.69, 9.17) is 9.72 Å². The SMILES string of the molecule is CCCNCc1sc(C2CC3CCC2O3)nc1CC. The molecule has 2 saturated heterocycles. The van der Waals surface area contributed by atoms with Crippen molar-refractivity contribution < 1.29 is 4.74 Å². The first kappa shape index (κ1) is 13.5. The number of ether oxygens (including phenoxy) is 1. The smallest absolute Gasteiger partial charge is 0.0989 e. The van der Waals surface area contributed by atoms with Crippen molar-refractivity contribution in [3.05, 3.63) is 15.6 Å². The molecule has 4 heteroatoms. The Morgan fingerprint density at radius 1 is 1.37 bits per heavy atom. The zero-order valence-corrected chi connectivity index (χ0v) is 12.8. The molecule has 3 rings (SSSR count). The van der Waals surface area contributed by atoms with Crippen LogP contribution in [0.2, 0.25) is 0 Å². The van der Waals surface area contributed by atoms with Crippen LogP contribution in [0.15, 0.2) is 0 Å². The van der Waals surface area contributed by atoms with Gasteiger partial charge in [0, 0.05) is 17.3 Å². The zero-order chi connectivity index (χ0) is 13.2. The molecule has 3 atom stereocenters. The van der Waals surface area contributed by atoms with E-state index >= 15 is 0 Å². The lowest BCUT2D eigenvalue weighted by Crippen LogP contribution is -2.14. The normalized spacial score (nSPS) is 29.3. The Labute approximate surface area is 119 Å². The Kier molecular flexibility index (Phi) is 4.20. The summed E-state index contributed by atoms with van der Waals surface area (Å²) in [6, 6.07) is 0. The molecule has 3 heterocycles. The third-order valence-corrected chi connectivity index (χ3v) is 5.49. The van der Waals surface area contributed by atoms with Crippen LogP contribution in [-0.2, 0) is 17.7 Å². The number of hydrogen-bond donors (Lipinski definition) is 1. The van der Waals surface area contributed by atoms with Gasteiger partial charge in [-0.3, -0.25) is 0 Å². The van der Waals surface area contributed by atoms with Gasteiger partial charge in [-0.25, -0.2) is 4.98 Å². The Balaban J connectivity index is 1.72. The fourth-order valence-electron chi connectivity index (χ4n) is 3.25. The van der Waals surface area contributed by atoms with Crippen molar-refractivity contribution in [1.82, 2.24) is 10.3 Å². The molecule has 1 aromatic rings. The van der Waals surface area contributed by atoms with Gasteiger partial charge in [-0.2, -0.15) is 0 Å². The first-order chi connectivity index (χ1) is 9.31. The second-order valence-electron chi connectivity index (χ2n) is 5.67. The van der Waals surface area contributed by atoms with Crippen LogP contribution in [0.1, 0.15) is 61.0 Å². The van der Waals surface area contributed by atoms with Crippen molar-refractivity contribution in [3.8, 4) is 0 Å². The molecule has 2 fully saturated rings. The fraction of sp³-hybridized carbons (Fsp3) is 0.800. The van der Waals surface area contributed by atoms with E-state index in [0.29, 0.717) is 18.1 Å². The number of hydrogen-bond acceptors (Lipinski definition) is 4. The third-order valence-electron chi connectivity index (χ3n) is 4.27. The summed E-state index contributed by atoms with van der Waals surface area (Å²) < 4.78 is 5.97. The maximum absolute atomic E-state index is 5.97. The van der Waals surface area contributed by atoms with Crippen molar-refractivity contribution in [1.29, 1.82) is 0 Å². The molecule has 2 aliphatic rings. The quantitative estimate of drug-likeness (QED) is 0.812. The summed E-state index contributed by atoms with van der Waals surface area (Å²) in [7, 11) is 0. The number of nitrogens with one attached hydrogen (secondary N) is 1. The van der Waals surface area contributed by atoms with Crippen molar-refractivity contribution in [2.45, 2.75) is 70.6 Å². The van der Waals surface area contributed by atoms with Gasteiger partial charge in [0.25, 0.3) is 0 Å². The monoisotopic (exact) mass is 280 g/mol. The Morgan fingerprint density at radius 3 is 2.89 bits per heavy atom. The zero-order valence-electron chi connectivity index (χ0n) is 11.9. The number of nitrogens with zero attached hydrogens (tertiary/aromatic N) is 1. The molecule has 3 unspecified atom stereocenters. The standard InChI is InChI=1S/C15H24N2OS/c1-3-7-16-9-14-12(4-2)17-15(19-14)11-8-10-5-6-13(11)18-10/h10-11,13,16H,3-9H2,1-2H3. The summed E-state index contributed by atoms with van der Waals surface area (Å²) in [5, 5.41) is 4.83. The number of thiazole rings is 1. The van der Waals surface area contributed by atoms with Gasteiger partial charge in [-0.05, 0) is 38.6 Å². The Bertz CT molecular complexity index is 432. The highest BCUT2D eigenvalue weighted by molar-refractivity contribution is 7.11. The van der Waals surface area contributed by atoms with Crippen LogP contribution in [0.3, 0.4) is 0 Å². The predicted octanol–water partition coefficient (Wildman–Crippen LogP) is 3.24. The molecular formula is C15H24N2OS. The number of aryl methyl sites for hydroxylation is 1. The largest absolute Gasteiger partial charge is 0.374 e. The third kappa shape index (κ3) is 2.71. The van der Waals surface area contributed by atoms with Gasteiger partial charge in [0.05, 0.1) is 22.9 Å². The molecule has 0 saturated carbocycles. The minimum atomic E-state index is 0.456. The van der Waals surface area contributed by atoms with E-state index in [1.165, 1.54) is 41.3 Å². The summed E-state index contributed by atoms with van der Waals surface area (Å²) in [5.74, 6) is 0.578. The van der Waals surface area contributed by atoms with E-state index in [-0.39, 0.29) is 0 Å². The molecule has 0 aromatic carbocycles. The molecular weight excluding hydrogens is 256 g/mol. The topological polar surface area (TPSA) is 34.1 Å². The van der Waals surface area contributed by atoms with Crippen LogP contribution in [0.4, 0.5) is 0 Å². The minimum Gasteiger partial charge on any atom is -0.374 e. The van der Waals surface area contributed by atoms with Crippen molar-refractivity contribution in [2.24, 2.45) is 0 Å². The molecule has 2 aliphatic heterocycles. The molecule has 1 N–H and O–H groups in total. The predicted molar refractivity (Wildman–Crippen MR) is 78.7 cm³/mol. The lowest BCUT2D eigenvalue weighted by Gasteiger charge is -2.15. The van der Waals surface area contributed by atoms with E-state index in [1.807, 2.05) is 11.3 Å². The van der Waals surface area contributed by atoms with E-state index in [9.17, 15) is 0 Å². The van der Waals surface area contributed by atoms with Gasteiger partial charge in [-0.1, -0.05) is 13.8 Å². The lowest BCUT2D eigenvalue weighted by molar-refractivity contribution is 0.100. The van der Waals surface area contributed by atoms with E-state index in [2.05, 4.69) is 19.2 Å². The average molecular weight is 280 g/mol. The Morgan fingerprint density at radius 2 is 2.26 bits per heavy atom. The van der Waals surface area contributed by atoms with Gasteiger partial charge in [-0.15, -0.1) is 11.3 Å². The number of rotatable bonds is 6. The van der Waals surface area contributed by atoms with E-state index in [0.717, 1.165) is 19.5 Å². The van der Waals surface area contributed by atoms with Gasteiger partial charge in [0.1, 0.15) is 0 Å². The van der Waals surface area contributed by atoms with Crippen molar-refractivity contribution >= 4 is 11.3 Å². The second-order valence-corrected chi connectivity index (χ2v) is 6.78. The summed E-state index contributed by atoms with van der Waals surface area (Å²) in [5.41, 5.74) is 1.30. The highest BCUT2D eigenvalue weighted by Crippen LogP contribution is 2.45. The van der Waals surface area contributed by atoms with Gasteiger partial charge in [0.2, 0.25) is 0 Å². The van der Waals surface area contributed by atoms with Crippen LogP contribution < -0.4 is 5.32 Å². The number of aromatic nitrogens is 1. The molecule has 1 aromatic heterocycles. The molecule has 3 nitrogen and oxygen atoms in total. The molecule has 0 amide bonds. The summed E-state index contributed by atoms with van der Waals surface area (Å²) >= 11 is 1.92. The van der Waals surface area contributed by atoms with Gasteiger partial charge in [0.15, 0.2) is 0 Å². The molecule has 0 spiro atoms. The molecule has 0 aliphatic carbocycles. The summed E-state index contributed by atoms with van der Waals surface area (Å²) in [6.45, 7) is 6.49. The maximum Gasteiger partial charge on any atom is 0.0989 e. The maximum atomic E-state index is 5.97. The van der Waals surface area contributed by atoms with Gasteiger partial charge < -0.3 is 10.1 Å². The van der Waals surface area contributed by atoms with Crippen LogP contribution in [-0.4, -0.2) is 23.7 Å². The fourth-order valence-corrected chi connectivity index (χ4v) is 4.54. The summed E-state index contributed by atoms with van der Waals surface area (Å²) in [6.07, 6.45) is 6.90. The van der Waals surface area contributed by atoms with Crippen LogP contribution in [0.25, 0.3) is 0 Å². The Hall–Kier alpha value is -0.450. The molecule has 2 bridgehead atoms. The summed E-state index contributed by atoms with van der Waals surface area (Å²) in [4.78, 5) is 6.35. The second kappa shape index (κ2) is 5.90. The van der Waals surface area contributed by atoms with Crippen LogP contribution >= 0.6 is 11.3 Å². The lowest BCUT2D eigenvalue weighted by atomic mass is 9.90. The molecule has 106 valence electrons. The van der Waals surface area contributed by atoms with Gasteiger partial charge >= 0.3 is 0 Å². The van der Waals surface area contributed by atoms with Crippen molar-refractivity contribution in [3.63, 3.8) is 0 Å². The van der Waals surface area contributed by atoms with Crippen LogP contribution in [0, 0.1) is 0 Å². The first-order valence-corrected chi connectivity index (χ1v) is 8.48. The highest BCUT2D eigenvalue weighted by atomic mass is 32.1. The first-order valence-electron chi connectivity index (χ1n) is 7.66. The molecule has 0 radical (unpaired) electrons. The van der Waals surface area contributed by atoms with E-state index in [1.54, 1.807) is 0 Å². The minimum absolute atomic E-state index is 0.456. The van der Waals surface area contributed by atoms with Crippen LogP contribution in [0.5, 0.6) is 0 Å². The van der Waals surface area contributed by atoms with E-state index < -0.39 is 0 Å². The average Bonchev–Trinajstić information content (AvgIpc) is 3.13. The number of fused-ring (bicyclic) bond motifs is 2. The van der Waals surface area contributed by atoms with Crippen molar-refractivity contribution in [2.75, 3.05) is 6.54 Å².